The summed E-state index contributed by atoms with van der Waals surface area (Å²) in [6.45, 7) is 1.67. The molecule has 0 aliphatic rings. The summed E-state index contributed by atoms with van der Waals surface area (Å²) in [5.74, 6) is 0.423. The molecule has 0 fully saturated rings. The zero-order valence-electron chi connectivity index (χ0n) is 11.4. The van der Waals surface area contributed by atoms with Crippen molar-refractivity contribution >= 4 is 17.3 Å². The Kier molecular flexibility index (Phi) is 4.77. The van der Waals surface area contributed by atoms with Crippen LogP contribution in [-0.4, -0.2) is 10.0 Å². The van der Waals surface area contributed by atoms with E-state index in [1.54, 1.807) is 24.3 Å². The summed E-state index contributed by atoms with van der Waals surface area (Å²) in [5.41, 5.74) is 1.24. The van der Waals surface area contributed by atoms with Crippen LogP contribution in [0, 0.1) is 10.1 Å². The second-order valence-corrected chi connectivity index (χ2v) is 4.86. The molecule has 2 rings (SSSR count). The number of nitro benzene ring substituents is 1. The Bertz CT molecular complexity index is 673. The number of nitrogens with zero attached hydrogens (tertiary/aromatic N) is 1. The first-order chi connectivity index (χ1) is 10.0. The van der Waals surface area contributed by atoms with Crippen LogP contribution in [0.3, 0.4) is 0 Å². The monoisotopic (exact) mass is 307 g/mol. The molecular weight excluding hydrogens is 294 g/mol. The van der Waals surface area contributed by atoms with Gasteiger partial charge in [-0.2, -0.15) is 0 Å². The van der Waals surface area contributed by atoms with Gasteiger partial charge in [-0.05, 0) is 30.2 Å². The van der Waals surface area contributed by atoms with E-state index in [0.717, 1.165) is 5.56 Å². The summed E-state index contributed by atoms with van der Waals surface area (Å²) in [7, 11) is 0. The summed E-state index contributed by atoms with van der Waals surface area (Å²) in [6.07, 6.45) is 0.695. The van der Waals surface area contributed by atoms with Crippen LogP contribution >= 0.6 is 11.6 Å². The minimum absolute atomic E-state index is 0.113. The number of benzene rings is 2. The number of nitro groups is 1. The van der Waals surface area contributed by atoms with Gasteiger partial charge in [0, 0.05) is 16.7 Å². The van der Waals surface area contributed by atoms with E-state index in [0.29, 0.717) is 22.8 Å². The van der Waals surface area contributed by atoms with E-state index in [1.165, 1.54) is 12.1 Å². The molecule has 2 aromatic carbocycles. The highest BCUT2D eigenvalue weighted by Gasteiger charge is 2.17. The maximum Gasteiger partial charge on any atom is 0.311 e. The lowest BCUT2D eigenvalue weighted by Crippen LogP contribution is -1.97. The molecule has 0 aliphatic carbocycles. The number of aliphatic hydroxyl groups excluding tert-OH is 1. The highest BCUT2D eigenvalue weighted by molar-refractivity contribution is 6.30. The maximum absolute atomic E-state index is 11.2. The Morgan fingerprint density at radius 1 is 1.24 bits per heavy atom. The van der Waals surface area contributed by atoms with Gasteiger partial charge in [-0.3, -0.25) is 10.1 Å². The molecule has 0 unspecified atom stereocenters. The number of aryl methyl sites for hydroxylation is 1. The average Bonchev–Trinajstić information content (AvgIpc) is 2.47. The standard InChI is InChI=1S/C15H14ClNO4/c1-2-10-3-6-14(13(7-10)17(19)20)21-15-8-12(16)5-4-11(15)9-18/h3-8,18H,2,9H2,1H3. The van der Waals surface area contributed by atoms with E-state index in [2.05, 4.69) is 0 Å². The van der Waals surface area contributed by atoms with Crippen molar-refractivity contribution in [2.75, 3.05) is 0 Å². The van der Waals surface area contributed by atoms with Crippen molar-refractivity contribution in [3.8, 4) is 11.5 Å². The zero-order valence-corrected chi connectivity index (χ0v) is 12.1. The van der Waals surface area contributed by atoms with Crippen LogP contribution in [0.25, 0.3) is 0 Å². The Labute approximate surface area is 126 Å². The van der Waals surface area contributed by atoms with Crippen molar-refractivity contribution in [1.82, 2.24) is 0 Å². The summed E-state index contributed by atoms with van der Waals surface area (Å²) in [5, 5.41) is 20.9. The van der Waals surface area contributed by atoms with Crippen molar-refractivity contribution in [1.29, 1.82) is 0 Å². The van der Waals surface area contributed by atoms with E-state index in [-0.39, 0.29) is 18.0 Å². The molecule has 0 spiro atoms. The predicted molar refractivity (Wildman–Crippen MR) is 79.9 cm³/mol. The van der Waals surface area contributed by atoms with Crippen LogP contribution in [-0.2, 0) is 13.0 Å². The molecule has 0 heterocycles. The molecule has 6 heteroatoms. The first-order valence-corrected chi connectivity index (χ1v) is 6.77. The van der Waals surface area contributed by atoms with Crippen LogP contribution in [0.4, 0.5) is 5.69 Å². The van der Waals surface area contributed by atoms with Gasteiger partial charge in [0.2, 0.25) is 5.75 Å². The van der Waals surface area contributed by atoms with Gasteiger partial charge < -0.3 is 9.84 Å². The number of rotatable bonds is 5. The van der Waals surface area contributed by atoms with E-state index in [1.807, 2.05) is 6.92 Å². The Morgan fingerprint density at radius 3 is 2.62 bits per heavy atom. The molecule has 21 heavy (non-hydrogen) atoms. The molecular formula is C15H14ClNO4. The van der Waals surface area contributed by atoms with Crippen molar-refractivity contribution in [2.24, 2.45) is 0 Å². The van der Waals surface area contributed by atoms with Gasteiger partial charge in [-0.25, -0.2) is 0 Å². The van der Waals surface area contributed by atoms with Gasteiger partial charge >= 0.3 is 5.69 Å². The number of hydrogen-bond donors (Lipinski definition) is 1. The number of hydrogen-bond acceptors (Lipinski definition) is 4. The van der Waals surface area contributed by atoms with Gasteiger partial charge in [0.15, 0.2) is 0 Å². The number of aliphatic hydroxyl groups is 1. The summed E-state index contributed by atoms with van der Waals surface area (Å²) in [6, 6.07) is 9.56. The second-order valence-electron chi connectivity index (χ2n) is 4.42. The Hall–Kier alpha value is -2.11. The van der Waals surface area contributed by atoms with Crippen LogP contribution in [0.2, 0.25) is 5.02 Å². The third-order valence-electron chi connectivity index (χ3n) is 3.05. The lowest BCUT2D eigenvalue weighted by Gasteiger charge is -2.11. The van der Waals surface area contributed by atoms with Crippen LogP contribution in [0.1, 0.15) is 18.1 Å². The van der Waals surface area contributed by atoms with Crippen molar-refractivity contribution in [3.63, 3.8) is 0 Å². The summed E-state index contributed by atoms with van der Waals surface area (Å²) >= 11 is 5.89. The Balaban J connectivity index is 2.44. The minimum atomic E-state index is -0.488. The van der Waals surface area contributed by atoms with Crippen molar-refractivity contribution in [2.45, 2.75) is 20.0 Å². The van der Waals surface area contributed by atoms with E-state index >= 15 is 0 Å². The molecule has 0 saturated heterocycles. The zero-order chi connectivity index (χ0) is 15.4. The van der Waals surface area contributed by atoms with Gasteiger partial charge in [0.25, 0.3) is 0 Å². The van der Waals surface area contributed by atoms with Crippen molar-refractivity contribution < 1.29 is 14.8 Å². The van der Waals surface area contributed by atoms with Crippen molar-refractivity contribution in [3.05, 3.63) is 62.7 Å². The topological polar surface area (TPSA) is 72.6 Å². The minimum Gasteiger partial charge on any atom is -0.450 e. The summed E-state index contributed by atoms with van der Waals surface area (Å²) in [4.78, 5) is 10.7. The molecule has 0 radical (unpaired) electrons. The largest absolute Gasteiger partial charge is 0.450 e. The SMILES string of the molecule is CCc1ccc(Oc2cc(Cl)ccc2CO)c([N+](=O)[O-])c1. The molecule has 0 bridgehead atoms. The smallest absolute Gasteiger partial charge is 0.311 e. The third-order valence-corrected chi connectivity index (χ3v) is 3.28. The lowest BCUT2D eigenvalue weighted by molar-refractivity contribution is -0.385. The van der Waals surface area contributed by atoms with E-state index < -0.39 is 4.92 Å². The van der Waals surface area contributed by atoms with Crippen LogP contribution in [0.5, 0.6) is 11.5 Å². The van der Waals surface area contributed by atoms with Gasteiger partial charge in [0.1, 0.15) is 5.75 Å². The highest BCUT2D eigenvalue weighted by Crippen LogP contribution is 2.35. The molecule has 0 aromatic heterocycles. The fourth-order valence-electron chi connectivity index (χ4n) is 1.88. The molecule has 110 valence electrons. The quantitative estimate of drug-likeness (QED) is 0.667. The second kappa shape index (κ2) is 6.56. The first kappa shape index (κ1) is 15.3. The molecule has 1 N–H and O–H groups in total. The lowest BCUT2D eigenvalue weighted by atomic mass is 10.1. The third kappa shape index (κ3) is 3.51. The molecule has 5 nitrogen and oxygen atoms in total. The van der Waals surface area contributed by atoms with E-state index in [4.69, 9.17) is 16.3 Å². The van der Waals surface area contributed by atoms with Gasteiger partial charge in [0.05, 0.1) is 11.5 Å². The fourth-order valence-corrected chi connectivity index (χ4v) is 2.05. The summed E-state index contributed by atoms with van der Waals surface area (Å²) < 4.78 is 5.59. The Morgan fingerprint density at radius 2 is 2.00 bits per heavy atom. The van der Waals surface area contributed by atoms with Crippen LogP contribution in [0.15, 0.2) is 36.4 Å². The molecule has 0 atom stereocenters. The number of halogens is 1. The van der Waals surface area contributed by atoms with Crippen LogP contribution < -0.4 is 4.74 Å². The number of ether oxygens (including phenoxy) is 1. The molecule has 0 aliphatic heterocycles. The molecule has 0 saturated carbocycles. The maximum atomic E-state index is 11.2. The fraction of sp³-hybridized carbons (Fsp3) is 0.200. The predicted octanol–water partition coefficient (Wildman–Crippen LogP) is 4.10. The van der Waals surface area contributed by atoms with Gasteiger partial charge in [-0.1, -0.05) is 30.7 Å². The normalized spacial score (nSPS) is 10.4. The average molecular weight is 308 g/mol. The molecule has 0 amide bonds. The van der Waals surface area contributed by atoms with Gasteiger partial charge in [-0.15, -0.1) is 0 Å². The molecule has 2 aromatic rings. The first-order valence-electron chi connectivity index (χ1n) is 6.39. The van der Waals surface area contributed by atoms with E-state index in [9.17, 15) is 15.2 Å². The highest BCUT2D eigenvalue weighted by atomic mass is 35.5.